The fourth-order valence-electron chi connectivity index (χ4n) is 0.617. The Morgan fingerprint density at radius 1 is 1.08 bits per heavy atom. The summed E-state index contributed by atoms with van der Waals surface area (Å²) in [6.45, 7) is 4.88. The van der Waals surface area contributed by atoms with Gasteiger partial charge in [-0.15, -0.1) is 0 Å². The Balaban J connectivity index is 3.11. The Bertz CT molecular complexity index is 125. The van der Waals surface area contributed by atoms with Gasteiger partial charge in [-0.1, -0.05) is 26.7 Å². The van der Waals surface area contributed by atoms with Crippen LogP contribution in [0.3, 0.4) is 0 Å². The molecule has 0 aliphatic rings. The number of carbonyl (C=O) groups is 1. The number of ether oxygens (including phenoxy) is 1. The standard InChI is InChI=1S/C9H18O4/c1-3-5-7-11-9(10)13-12-8-6-4-2/h3-8H2,1-2H3. The van der Waals surface area contributed by atoms with Crippen molar-refractivity contribution in [2.75, 3.05) is 13.2 Å². The van der Waals surface area contributed by atoms with E-state index in [1.807, 2.05) is 13.8 Å². The van der Waals surface area contributed by atoms with Gasteiger partial charge in [0.25, 0.3) is 0 Å². The van der Waals surface area contributed by atoms with Gasteiger partial charge in [0.1, 0.15) is 0 Å². The van der Waals surface area contributed by atoms with Crippen LogP contribution in [-0.4, -0.2) is 19.4 Å². The summed E-state index contributed by atoms with van der Waals surface area (Å²) >= 11 is 0. The van der Waals surface area contributed by atoms with Crippen molar-refractivity contribution < 1.29 is 19.3 Å². The summed E-state index contributed by atoms with van der Waals surface area (Å²) in [5.41, 5.74) is 0. The molecule has 0 aromatic heterocycles. The first-order chi connectivity index (χ1) is 6.31. The van der Waals surface area contributed by atoms with Crippen molar-refractivity contribution in [2.45, 2.75) is 39.5 Å². The molecule has 0 spiro atoms. The largest absolute Gasteiger partial charge is 0.540 e. The second kappa shape index (κ2) is 9.32. The Labute approximate surface area is 79.1 Å². The van der Waals surface area contributed by atoms with Crippen molar-refractivity contribution in [3.8, 4) is 0 Å². The minimum Gasteiger partial charge on any atom is -0.432 e. The van der Waals surface area contributed by atoms with E-state index in [1.54, 1.807) is 0 Å². The van der Waals surface area contributed by atoms with Crippen LogP contribution >= 0.6 is 0 Å². The van der Waals surface area contributed by atoms with Crippen LogP contribution < -0.4 is 0 Å². The second-order valence-electron chi connectivity index (χ2n) is 2.71. The third kappa shape index (κ3) is 9.14. The van der Waals surface area contributed by atoms with E-state index in [4.69, 9.17) is 0 Å². The molecule has 0 saturated carbocycles. The topological polar surface area (TPSA) is 44.8 Å². The summed E-state index contributed by atoms with van der Waals surface area (Å²) in [7, 11) is 0. The van der Waals surface area contributed by atoms with E-state index in [0.717, 1.165) is 25.7 Å². The summed E-state index contributed by atoms with van der Waals surface area (Å²) < 4.78 is 4.68. The Morgan fingerprint density at radius 3 is 2.31 bits per heavy atom. The summed E-state index contributed by atoms with van der Waals surface area (Å²) in [5, 5.41) is 0. The van der Waals surface area contributed by atoms with Crippen LogP contribution in [0.5, 0.6) is 0 Å². The van der Waals surface area contributed by atoms with Gasteiger partial charge in [-0.05, 0) is 12.8 Å². The number of hydrogen-bond acceptors (Lipinski definition) is 4. The molecule has 0 aromatic rings. The maximum atomic E-state index is 10.7. The van der Waals surface area contributed by atoms with E-state index in [9.17, 15) is 4.79 Å². The van der Waals surface area contributed by atoms with Gasteiger partial charge in [0.05, 0.1) is 13.2 Å². The highest BCUT2D eigenvalue weighted by Gasteiger charge is 2.03. The first kappa shape index (κ1) is 12.2. The molecule has 0 rings (SSSR count). The molecule has 0 unspecified atom stereocenters. The van der Waals surface area contributed by atoms with Crippen LogP contribution in [-0.2, 0) is 14.5 Å². The molecule has 4 nitrogen and oxygen atoms in total. The SMILES string of the molecule is CCCCOOC(=O)OCCCC. The normalized spacial score (nSPS) is 9.69. The predicted molar refractivity (Wildman–Crippen MR) is 48.2 cm³/mol. The van der Waals surface area contributed by atoms with Crippen LogP contribution in [0.1, 0.15) is 39.5 Å². The van der Waals surface area contributed by atoms with Gasteiger partial charge in [-0.3, -0.25) is 4.89 Å². The highest BCUT2D eigenvalue weighted by atomic mass is 17.2. The third-order valence-electron chi connectivity index (χ3n) is 1.43. The lowest BCUT2D eigenvalue weighted by Gasteiger charge is -2.03. The average Bonchev–Trinajstić information content (AvgIpc) is 2.13. The first-order valence-electron chi connectivity index (χ1n) is 4.77. The molecule has 0 atom stereocenters. The number of rotatable bonds is 7. The molecule has 0 bridgehead atoms. The first-order valence-corrected chi connectivity index (χ1v) is 4.77. The van der Waals surface area contributed by atoms with Crippen molar-refractivity contribution in [1.29, 1.82) is 0 Å². The number of hydrogen-bond donors (Lipinski definition) is 0. The molecule has 0 amide bonds. The summed E-state index contributed by atoms with van der Waals surface area (Å²) in [6.07, 6.45) is 2.98. The zero-order chi connectivity index (χ0) is 9.94. The van der Waals surface area contributed by atoms with Gasteiger partial charge in [0.15, 0.2) is 0 Å². The summed E-state index contributed by atoms with van der Waals surface area (Å²) in [6, 6.07) is 0. The maximum Gasteiger partial charge on any atom is 0.540 e. The van der Waals surface area contributed by atoms with Crippen molar-refractivity contribution >= 4 is 6.16 Å². The van der Waals surface area contributed by atoms with Gasteiger partial charge in [-0.25, -0.2) is 4.79 Å². The van der Waals surface area contributed by atoms with Crippen LogP contribution in [0, 0.1) is 0 Å². The van der Waals surface area contributed by atoms with Crippen LogP contribution in [0.4, 0.5) is 4.79 Å². The third-order valence-corrected chi connectivity index (χ3v) is 1.43. The average molecular weight is 190 g/mol. The van der Waals surface area contributed by atoms with Crippen molar-refractivity contribution in [3.63, 3.8) is 0 Å². The predicted octanol–water partition coefficient (Wildman–Crippen LogP) is 2.67. The van der Waals surface area contributed by atoms with Crippen molar-refractivity contribution in [3.05, 3.63) is 0 Å². The molecule has 0 heterocycles. The number of carbonyl (C=O) groups excluding carboxylic acids is 1. The molecule has 0 fully saturated rings. The van der Waals surface area contributed by atoms with Crippen LogP contribution in [0.15, 0.2) is 0 Å². The zero-order valence-electron chi connectivity index (χ0n) is 8.38. The molecule has 4 heteroatoms. The van der Waals surface area contributed by atoms with E-state index in [-0.39, 0.29) is 0 Å². The van der Waals surface area contributed by atoms with Gasteiger partial charge >= 0.3 is 6.16 Å². The van der Waals surface area contributed by atoms with Gasteiger partial charge in [0, 0.05) is 0 Å². The summed E-state index contributed by atoms with van der Waals surface area (Å²) in [4.78, 5) is 19.6. The minimum absolute atomic E-state index is 0.395. The van der Waals surface area contributed by atoms with E-state index < -0.39 is 6.16 Å². The lowest BCUT2D eigenvalue weighted by molar-refractivity contribution is -0.255. The van der Waals surface area contributed by atoms with Crippen molar-refractivity contribution in [1.82, 2.24) is 0 Å². The molecule has 78 valence electrons. The highest BCUT2D eigenvalue weighted by Crippen LogP contribution is 1.94. The van der Waals surface area contributed by atoms with Crippen molar-refractivity contribution in [2.24, 2.45) is 0 Å². The fraction of sp³-hybridized carbons (Fsp3) is 0.889. The molecular weight excluding hydrogens is 172 g/mol. The Hall–Kier alpha value is -0.770. The Kier molecular flexibility index (Phi) is 8.77. The maximum absolute atomic E-state index is 10.7. The lowest BCUT2D eigenvalue weighted by atomic mass is 10.4. The van der Waals surface area contributed by atoms with Gasteiger partial charge < -0.3 is 4.74 Å². The molecular formula is C9H18O4. The molecule has 13 heavy (non-hydrogen) atoms. The van der Waals surface area contributed by atoms with Gasteiger partial charge in [0.2, 0.25) is 0 Å². The monoisotopic (exact) mass is 190 g/mol. The van der Waals surface area contributed by atoms with Gasteiger partial charge in [-0.2, -0.15) is 4.89 Å². The molecule has 0 aromatic carbocycles. The zero-order valence-corrected chi connectivity index (χ0v) is 8.38. The quantitative estimate of drug-likeness (QED) is 0.268. The number of unbranched alkanes of at least 4 members (excludes halogenated alkanes) is 2. The molecule has 0 aliphatic heterocycles. The minimum atomic E-state index is -0.746. The molecule has 0 saturated heterocycles. The molecule has 0 aliphatic carbocycles. The van der Waals surface area contributed by atoms with E-state index >= 15 is 0 Å². The Morgan fingerprint density at radius 2 is 1.69 bits per heavy atom. The molecule has 0 N–H and O–H groups in total. The molecule has 0 radical (unpaired) electrons. The van der Waals surface area contributed by atoms with E-state index in [0.29, 0.717) is 13.2 Å². The van der Waals surface area contributed by atoms with Crippen LogP contribution in [0.2, 0.25) is 0 Å². The fourth-order valence-corrected chi connectivity index (χ4v) is 0.617. The highest BCUT2D eigenvalue weighted by molar-refractivity contribution is 5.58. The smallest absolute Gasteiger partial charge is 0.432 e. The van der Waals surface area contributed by atoms with E-state index in [1.165, 1.54) is 0 Å². The second-order valence-corrected chi connectivity index (χ2v) is 2.71. The van der Waals surface area contributed by atoms with Crippen LogP contribution in [0.25, 0.3) is 0 Å². The lowest BCUT2D eigenvalue weighted by Crippen LogP contribution is -2.09. The van der Waals surface area contributed by atoms with E-state index in [2.05, 4.69) is 14.5 Å². The summed E-state index contributed by atoms with van der Waals surface area (Å²) in [5.74, 6) is 0.